The Morgan fingerprint density at radius 2 is 1.83 bits per heavy atom. The smallest absolute Gasteiger partial charge is 0.163 e. The number of fused-ring (bicyclic) bond motifs is 4. The third-order valence-electron chi connectivity index (χ3n) is 6.84. The molecule has 1 spiro atoms. The number of benzene rings is 2. The zero-order valence-corrected chi connectivity index (χ0v) is 17.0. The van der Waals surface area contributed by atoms with Gasteiger partial charge in [-0.3, -0.25) is 4.90 Å². The highest BCUT2D eigenvalue weighted by Gasteiger charge is 2.41. The van der Waals surface area contributed by atoms with Crippen LogP contribution in [0.15, 0.2) is 30.3 Å². The summed E-state index contributed by atoms with van der Waals surface area (Å²) in [5.74, 6) is -1.42. The summed E-state index contributed by atoms with van der Waals surface area (Å²) in [7, 11) is 0. The molecule has 3 aromatic rings. The van der Waals surface area contributed by atoms with E-state index in [1.54, 1.807) is 19.1 Å². The minimum atomic E-state index is -0.720. The van der Waals surface area contributed by atoms with Gasteiger partial charge in [-0.25, -0.2) is 8.78 Å². The SMILES string of the molecule is Cc1ccc2[nH]c3c(c2c1)CCNC31CCN(Cc2ccc(C)c(F)c2F)CC1. The molecule has 0 saturated carbocycles. The molecule has 29 heavy (non-hydrogen) atoms. The van der Waals surface area contributed by atoms with Crippen molar-refractivity contribution in [2.75, 3.05) is 19.6 Å². The van der Waals surface area contributed by atoms with Gasteiger partial charge in [0.15, 0.2) is 11.6 Å². The predicted octanol–water partition coefficient (Wildman–Crippen LogP) is 4.70. The monoisotopic (exact) mass is 395 g/mol. The average molecular weight is 395 g/mol. The van der Waals surface area contributed by atoms with Gasteiger partial charge in [0.25, 0.3) is 0 Å². The highest BCUT2D eigenvalue weighted by Crippen LogP contribution is 2.40. The fraction of sp³-hybridized carbons (Fsp3) is 0.417. The Bertz CT molecular complexity index is 1080. The maximum absolute atomic E-state index is 14.3. The van der Waals surface area contributed by atoms with E-state index in [2.05, 4.69) is 40.3 Å². The number of H-pyrrole nitrogens is 1. The molecular formula is C24H27F2N3. The Balaban J connectivity index is 1.38. The summed E-state index contributed by atoms with van der Waals surface area (Å²) in [5, 5.41) is 5.13. The van der Waals surface area contributed by atoms with Crippen LogP contribution in [-0.4, -0.2) is 29.5 Å². The van der Waals surface area contributed by atoms with Crippen molar-refractivity contribution in [3.05, 3.63) is 69.9 Å². The summed E-state index contributed by atoms with van der Waals surface area (Å²) in [6.45, 7) is 6.89. The number of likely N-dealkylation sites (tertiary alicyclic amines) is 1. The van der Waals surface area contributed by atoms with Crippen molar-refractivity contribution >= 4 is 10.9 Å². The van der Waals surface area contributed by atoms with Gasteiger partial charge < -0.3 is 10.3 Å². The van der Waals surface area contributed by atoms with E-state index < -0.39 is 11.6 Å². The van der Waals surface area contributed by atoms with Gasteiger partial charge in [0.2, 0.25) is 0 Å². The lowest BCUT2D eigenvalue weighted by atomic mass is 9.79. The Kier molecular flexibility index (Phi) is 4.48. The van der Waals surface area contributed by atoms with Gasteiger partial charge >= 0.3 is 0 Å². The minimum absolute atomic E-state index is 0.0475. The van der Waals surface area contributed by atoms with Crippen molar-refractivity contribution in [3.8, 4) is 0 Å². The van der Waals surface area contributed by atoms with Crippen LogP contribution in [0.3, 0.4) is 0 Å². The summed E-state index contributed by atoms with van der Waals surface area (Å²) in [6, 6.07) is 10.0. The Labute approximate surface area is 170 Å². The first-order chi connectivity index (χ1) is 14.0. The molecule has 2 N–H and O–H groups in total. The molecule has 0 unspecified atom stereocenters. The molecule has 0 atom stereocenters. The fourth-order valence-electron chi connectivity index (χ4n) is 5.11. The molecule has 1 saturated heterocycles. The molecule has 0 bridgehead atoms. The molecule has 2 aromatic carbocycles. The number of piperidine rings is 1. The molecule has 3 nitrogen and oxygen atoms in total. The van der Waals surface area contributed by atoms with Crippen molar-refractivity contribution in [2.45, 2.75) is 45.2 Å². The highest BCUT2D eigenvalue weighted by atomic mass is 19.2. The summed E-state index contributed by atoms with van der Waals surface area (Å²) < 4.78 is 28.2. The summed E-state index contributed by atoms with van der Waals surface area (Å²) in [6.07, 6.45) is 2.96. The third kappa shape index (κ3) is 3.08. The number of hydrogen-bond donors (Lipinski definition) is 2. The lowest BCUT2D eigenvalue weighted by Crippen LogP contribution is -2.54. The Morgan fingerprint density at radius 1 is 1.03 bits per heavy atom. The number of nitrogens with zero attached hydrogens (tertiary/aromatic N) is 1. The van der Waals surface area contributed by atoms with Crippen LogP contribution in [-0.2, 0) is 18.5 Å². The predicted molar refractivity (Wildman–Crippen MR) is 112 cm³/mol. The normalized spacial score (nSPS) is 19.0. The molecule has 3 heterocycles. The molecule has 2 aliphatic rings. The highest BCUT2D eigenvalue weighted by molar-refractivity contribution is 5.86. The quantitative estimate of drug-likeness (QED) is 0.659. The van der Waals surface area contributed by atoms with Crippen LogP contribution in [0.25, 0.3) is 10.9 Å². The molecule has 5 rings (SSSR count). The maximum atomic E-state index is 14.3. The average Bonchev–Trinajstić information content (AvgIpc) is 3.10. The Hall–Kier alpha value is -2.24. The largest absolute Gasteiger partial charge is 0.357 e. The number of aromatic nitrogens is 1. The van der Waals surface area contributed by atoms with Gasteiger partial charge in [-0.1, -0.05) is 23.8 Å². The third-order valence-corrected chi connectivity index (χ3v) is 6.84. The molecule has 2 aliphatic heterocycles. The van der Waals surface area contributed by atoms with Crippen LogP contribution in [0.5, 0.6) is 0 Å². The second-order valence-corrected chi connectivity index (χ2v) is 8.73. The van der Waals surface area contributed by atoms with Gasteiger partial charge in [0.05, 0.1) is 5.54 Å². The molecular weight excluding hydrogens is 368 g/mol. The molecule has 0 radical (unpaired) electrons. The molecule has 0 amide bonds. The van der Waals surface area contributed by atoms with Crippen LogP contribution in [0.1, 0.15) is 40.8 Å². The number of halogens is 2. The number of aryl methyl sites for hydroxylation is 2. The molecule has 1 aromatic heterocycles. The Morgan fingerprint density at radius 3 is 2.62 bits per heavy atom. The van der Waals surface area contributed by atoms with E-state index in [-0.39, 0.29) is 5.54 Å². The van der Waals surface area contributed by atoms with Crippen molar-refractivity contribution in [1.29, 1.82) is 0 Å². The fourth-order valence-corrected chi connectivity index (χ4v) is 5.11. The van der Waals surface area contributed by atoms with E-state index in [0.717, 1.165) is 38.9 Å². The molecule has 0 aliphatic carbocycles. The van der Waals surface area contributed by atoms with Crippen molar-refractivity contribution in [1.82, 2.24) is 15.2 Å². The summed E-state index contributed by atoms with van der Waals surface area (Å²) in [5.41, 5.74) is 6.03. The van der Waals surface area contributed by atoms with Gasteiger partial charge in [0.1, 0.15) is 0 Å². The maximum Gasteiger partial charge on any atom is 0.163 e. The van der Waals surface area contributed by atoms with Crippen LogP contribution in [0.2, 0.25) is 0 Å². The first-order valence-electron chi connectivity index (χ1n) is 10.5. The van der Waals surface area contributed by atoms with Gasteiger partial charge in [-0.05, 0) is 56.4 Å². The van der Waals surface area contributed by atoms with Crippen molar-refractivity contribution in [3.63, 3.8) is 0 Å². The van der Waals surface area contributed by atoms with Crippen LogP contribution in [0.4, 0.5) is 8.78 Å². The van der Waals surface area contributed by atoms with E-state index in [9.17, 15) is 8.78 Å². The topological polar surface area (TPSA) is 31.1 Å². The zero-order valence-electron chi connectivity index (χ0n) is 17.0. The zero-order chi connectivity index (χ0) is 20.2. The van der Waals surface area contributed by atoms with Gasteiger partial charge in [0, 0.05) is 48.3 Å². The second-order valence-electron chi connectivity index (χ2n) is 8.73. The van der Waals surface area contributed by atoms with E-state index >= 15 is 0 Å². The van der Waals surface area contributed by atoms with Crippen LogP contribution < -0.4 is 5.32 Å². The van der Waals surface area contributed by atoms with Crippen LogP contribution >= 0.6 is 0 Å². The van der Waals surface area contributed by atoms with Gasteiger partial charge in [-0.15, -0.1) is 0 Å². The van der Waals surface area contributed by atoms with E-state index in [0.29, 0.717) is 17.7 Å². The minimum Gasteiger partial charge on any atom is -0.357 e. The van der Waals surface area contributed by atoms with Gasteiger partial charge in [-0.2, -0.15) is 0 Å². The van der Waals surface area contributed by atoms with E-state index in [1.807, 2.05) is 0 Å². The lowest BCUT2D eigenvalue weighted by molar-refractivity contribution is 0.120. The first kappa shape index (κ1) is 18.8. The van der Waals surface area contributed by atoms with Crippen molar-refractivity contribution in [2.24, 2.45) is 0 Å². The first-order valence-corrected chi connectivity index (χ1v) is 10.5. The second kappa shape index (κ2) is 6.92. The number of aromatic amines is 1. The van der Waals surface area contributed by atoms with Crippen molar-refractivity contribution < 1.29 is 8.78 Å². The summed E-state index contributed by atoms with van der Waals surface area (Å²) in [4.78, 5) is 5.94. The lowest BCUT2D eigenvalue weighted by Gasteiger charge is -2.45. The van der Waals surface area contributed by atoms with E-state index in [1.165, 1.54) is 27.7 Å². The number of hydrogen-bond acceptors (Lipinski definition) is 2. The van der Waals surface area contributed by atoms with E-state index in [4.69, 9.17) is 0 Å². The summed E-state index contributed by atoms with van der Waals surface area (Å²) >= 11 is 0. The number of nitrogens with one attached hydrogen (secondary N) is 2. The van der Waals surface area contributed by atoms with Crippen LogP contribution in [0, 0.1) is 25.5 Å². The standard InChI is InChI=1S/C24H27F2N3/c1-15-3-6-20-19(13-15)18-7-10-27-24(23(18)28-20)8-11-29(12-9-24)14-17-5-4-16(2)21(25)22(17)26/h3-6,13,27-28H,7-12,14H2,1-2H3. The number of rotatable bonds is 2. The molecule has 152 valence electrons. The molecule has 1 fully saturated rings. The molecule has 5 heteroatoms.